The number of pyridine rings is 1. The molecule has 2 N–H and O–H groups in total. The molecule has 3 nitrogen and oxygen atoms in total. The number of unbranched alkanes of at least 4 members (excludes halogenated alkanes) is 1. The molecule has 0 aliphatic heterocycles. The molecule has 1 rings (SSSR count). The molecule has 0 amide bonds. The highest BCUT2D eigenvalue weighted by molar-refractivity contribution is 5.47. The fourth-order valence-electron chi connectivity index (χ4n) is 1.84. The van der Waals surface area contributed by atoms with Gasteiger partial charge in [-0.2, -0.15) is 0 Å². The van der Waals surface area contributed by atoms with Crippen molar-refractivity contribution in [3.05, 3.63) is 17.7 Å². The molecule has 114 valence electrons. The number of halogens is 2. The first kappa shape index (κ1) is 16.7. The summed E-state index contributed by atoms with van der Waals surface area (Å²) >= 11 is 0. The van der Waals surface area contributed by atoms with Gasteiger partial charge in [-0.3, -0.25) is 0 Å². The van der Waals surface area contributed by atoms with Crippen molar-refractivity contribution < 1.29 is 8.78 Å². The minimum absolute atomic E-state index is 0.109. The zero-order valence-corrected chi connectivity index (χ0v) is 12.6. The van der Waals surface area contributed by atoms with Gasteiger partial charge in [-0.15, -0.1) is 0 Å². The van der Waals surface area contributed by atoms with E-state index in [1.54, 1.807) is 0 Å². The van der Waals surface area contributed by atoms with Gasteiger partial charge in [-0.25, -0.2) is 13.8 Å². The van der Waals surface area contributed by atoms with Crippen LogP contribution in [0.2, 0.25) is 0 Å². The summed E-state index contributed by atoms with van der Waals surface area (Å²) in [6.45, 7) is 7.60. The lowest BCUT2D eigenvalue weighted by atomic mass is 10.1. The number of hydrogen-bond donors (Lipinski definition) is 2. The van der Waals surface area contributed by atoms with Gasteiger partial charge >= 0.3 is 0 Å². The molecule has 0 aliphatic carbocycles. The predicted molar refractivity (Wildman–Crippen MR) is 80.1 cm³/mol. The maximum absolute atomic E-state index is 13.6. The van der Waals surface area contributed by atoms with Gasteiger partial charge in [0.05, 0.1) is 0 Å². The summed E-state index contributed by atoms with van der Waals surface area (Å²) in [6.07, 6.45) is 4.06. The second-order valence-electron chi connectivity index (χ2n) is 5.39. The normalized spacial score (nSPS) is 10.9. The topological polar surface area (TPSA) is 37.0 Å². The number of anilines is 2. The van der Waals surface area contributed by atoms with Gasteiger partial charge in [0.25, 0.3) is 0 Å². The summed E-state index contributed by atoms with van der Waals surface area (Å²) in [4.78, 5) is 3.97. The van der Waals surface area contributed by atoms with Crippen molar-refractivity contribution in [2.45, 2.75) is 46.5 Å². The van der Waals surface area contributed by atoms with E-state index < -0.39 is 11.6 Å². The van der Waals surface area contributed by atoms with Crippen molar-refractivity contribution >= 4 is 11.6 Å². The molecule has 1 heterocycles. The lowest BCUT2D eigenvalue weighted by Gasteiger charge is -2.11. The van der Waals surface area contributed by atoms with Crippen LogP contribution >= 0.6 is 0 Å². The third-order valence-corrected chi connectivity index (χ3v) is 2.97. The Morgan fingerprint density at radius 1 is 1.05 bits per heavy atom. The molecule has 0 atom stereocenters. The number of nitrogens with zero attached hydrogens (tertiary/aromatic N) is 1. The average molecular weight is 285 g/mol. The van der Waals surface area contributed by atoms with Gasteiger partial charge in [0, 0.05) is 19.2 Å². The Morgan fingerprint density at radius 3 is 2.20 bits per heavy atom. The minimum Gasteiger partial charge on any atom is -0.368 e. The predicted octanol–water partition coefficient (Wildman–Crippen LogP) is 4.42. The van der Waals surface area contributed by atoms with Gasteiger partial charge < -0.3 is 10.6 Å². The first-order valence-corrected chi connectivity index (χ1v) is 7.38. The SMILES string of the molecule is CCCNc1nc(NCCCCC(C)C)c(F)cc1F. The summed E-state index contributed by atoms with van der Waals surface area (Å²) in [5.74, 6) is -0.386. The van der Waals surface area contributed by atoms with Crippen LogP contribution in [0.4, 0.5) is 20.4 Å². The minimum atomic E-state index is -0.652. The van der Waals surface area contributed by atoms with Crippen LogP contribution in [-0.2, 0) is 0 Å². The Bertz CT molecular complexity index is 408. The Kier molecular flexibility index (Phi) is 7.26. The Balaban J connectivity index is 2.51. The first-order valence-electron chi connectivity index (χ1n) is 7.38. The van der Waals surface area contributed by atoms with Crippen molar-refractivity contribution in [3.8, 4) is 0 Å². The van der Waals surface area contributed by atoms with Crippen LogP contribution in [0.3, 0.4) is 0 Å². The Labute approximate surface area is 120 Å². The molecule has 5 heteroatoms. The summed E-state index contributed by atoms with van der Waals surface area (Å²) in [7, 11) is 0. The van der Waals surface area contributed by atoms with E-state index in [0.717, 1.165) is 31.7 Å². The first-order chi connectivity index (χ1) is 9.54. The van der Waals surface area contributed by atoms with Crippen LogP contribution in [0.25, 0.3) is 0 Å². The summed E-state index contributed by atoms with van der Waals surface area (Å²) < 4.78 is 27.1. The lowest BCUT2D eigenvalue weighted by molar-refractivity contribution is 0.543. The van der Waals surface area contributed by atoms with E-state index in [1.165, 1.54) is 0 Å². The number of rotatable bonds is 9. The third-order valence-electron chi connectivity index (χ3n) is 2.97. The molecule has 0 unspecified atom stereocenters. The second kappa shape index (κ2) is 8.72. The van der Waals surface area contributed by atoms with Crippen LogP contribution in [0.5, 0.6) is 0 Å². The molecule has 0 fully saturated rings. The molecule has 0 saturated heterocycles. The molecule has 0 saturated carbocycles. The molecule has 1 aromatic heterocycles. The van der Waals surface area contributed by atoms with E-state index in [2.05, 4.69) is 29.5 Å². The van der Waals surface area contributed by atoms with Crippen LogP contribution in [0.1, 0.15) is 46.5 Å². The zero-order valence-electron chi connectivity index (χ0n) is 12.6. The number of nitrogens with one attached hydrogen (secondary N) is 2. The van der Waals surface area contributed by atoms with E-state index in [4.69, 9.17) is 0 Å². The Hall–Kier alpha value is -1.39. The quantitative estimate of drug-likeness (QED) is 0.659. The maximum Gasteiger partial charge on any atom is 0.168 e. The monoisotopic (exact) mass is 285 g/mol. The molecule has 0 aliphatic rings. The zero-order chi connectivity index (χ0) is 15.0. The Morgan fingerprint density at radius 2 is 1.65 bits per heavy atom. The molecular weight excluding hydrogens is 260 g/mol. The van der Waals surface area contributed by atoms with E-state index in [9.17, 15) is 8.78 Å². The maximum atomic E-state index is 13.6. The van der Waals surface area contributed by atoms with Crippen LogP contribution in [0, 0.1) is 17.6 Å². The van der Waals surface area contributed by atoms with Gasteiger partial charge in [-0.1, -0.05) is 33.6 Å². The molecule has 0 spiro atoms. The summed E-state index contributed by atoms with van der Waals surface area (Å²) in [5, 5.41) is 5.79. The largest absolute Gasteiger partial charge is 0.368 e. The molecule has 20 heavy (non-hydrogen) atoms. The van der Waals surface area contributed by atoms with Crippen molar-refractivity contribution in [3.63, 3.8) is 0 Å². The molecule has 0 bridgehead atoms. The molecule has 0 radical (unpaired) electrons. The van der Waals surface area contributed by atoms with E-state index in [1.807, 2.05) is 6.92 Å². The molecular formula is C15H25F2N3. The van der Waals surface area contributed by atoms with Crippen molar-refractivity contribution in [1.82, 2.24) is 4.98 Å². The molecule has 1 aromatic rings. The fraction of sp³-hybridized carbons (Fsp3) is 0.667. The second-order valence-corrected chi connectivity index (χ2v) is 5.39. The van der Waals surface area contributed by atoms with Crippen molar-refractivity contribution in [2.24, 2.45) is 5.92 Å². The van der Waals surface area contributed by atoms with Crippen LogP contribution in [0.15, 0.2) is 6.07 Å². The van der Waals surface area contributed by atoms with Crippen molar-refractivity contribution in [1.29, 1.82) is 0 Å². The van der Waals surface area contributed by atoms with Gasteiger partial charge in [-0.05, 0) is 18.8 Å². The smallest absolute Gasteiger partial charge is 0.168 e. The number of hydrogen-bond acceptors (Lipinski definition) is 3. The van der Waals surface area contributed by atoms with Crippen LogP contribution < -0.4 is 10.6 Å². The highest BCUT2D eigenvalue weighted by Gasteiger charge is 2.11. The fourth-order valence-corrected chi connectivity index (χ4v) is 1.84. The highest BCUT2D eigenvalue weighted by Crippen LogP contribution is 2.19. The standard InChI is InChI=1S/C15H25F2N3/c1-4-8-18-14-12(16)10-13(17)15(20-14)19-9-6-5-7-11(2)3/h10-11H,4-9H2,1-3H3,(H2,18,19,20). The van der Waals surface area contributed by atoms with E-state index >= 15 is 0 Å². The highest BCUT2D eigenvalue weighted by atomic mass is 19.1. The van der Waals surface area contributed by atoms with Crippen LogP contribution in [-0.4, -0.2) is 18.1 Å². The third kappa shape index (κ3) is 5.72. The lowest BCUT2D eigenvalue weighted by Crippen LogP contribution is -2.10. The van der Waals surface area contributed by atoms with E-state index in [-0.39, 0.29) is 11.6 Å². The number of aromatic nitrogens is 1. The summed E-state index contributed by atoms with van der Waals surface area (Å²) in [6, 6.07) is 0.876. The average Bonchev–Trinajstić information content (AvgIpc) is 2.39. The van der Waals surface area contributed by atoms with Gasteiger partial charge in [0.2, 0.25) is 0 Å². The van der Waals surface area contributed by atoms with E-state index in [0.29, 0.717) is 19.0 Å². The van der Waals surface area contributed by atoms with Gasteiger partial charge in [0.1, 0.15) is 0 Å². The molecule has 0 aromatic carbocycles. The van der Waals surface area contributed by atoms with Gasteiger partial charge in [0.15, 0.2) is 23.3 Å². The summed E-state index contributed by atoms with van der Waals surface area (Å²) in [5.41, 5.74) is 0. The van der Waals surface area contributed by atoms with Crippen molar-refractivity contribution in [2.75, 3.05) is 23.7 Å².